The van der Waals surface area contributed by atoms with Crippen LogP contribution in [0.25, 0.3) is 0 Å². The molecule has 21 heavy (non-hydrogen) atoms. The molecule has 0 saturated carbocycles. The lowest BCUT2D eigenvalue weighted by atomic mass is 10.1. The van der Waals surface area contributed by atoms with Gasteiger partial charge < -0.3 is 15.2 Å². The van der Waals surface area contributed by atoms with Crippen LogP contribution in [-0.4, -0.2) is 17.7 Å². The summed E-state index contributed by atoms with van der Waals surface area (Å²) in [5.74, 6) is -0.427. The molecule has 5 heteroatoms. The van der Waals surface area contributed by atoms with Crippen molar-refractivity contribution in [2.45, 2.75) is 13.0 Å². The van der Waals surface area contributed by atoms with Crippen molar-refractivity contribution in [2.24, 2.45) is 0 Å². The van der Waals surface area contributed by atoms with Gasteiger partial charge in [-0.1, -0.05) is 35.9 Å². The van der Waals surface area contributed by atoms with Crippen LogP contribution < -0.4 is 5.32 Å². The van der Waals surface area contributed by atoms with Crippen molar-refractivity contribution in [2.75, 3.05) is 11.9 Å². The lowest BCUT2D eigenvalue weighted by Crippen LogP contribution is -2.23. The van der Waals surface area contributed by atoms with Crippen LogP contribution in [-0.2, 0) is 9.53 Å². The Morgan fingerprint density at radius 3 is 2.71 bits per heavy atom. The average molecular weight is 306 g/mol. The van der Waals surface area contributed by atoms with Crippen molar-refractivity contribution in [1.29, 1.82) is 0 Å². The van der Waals surface area contributed by atoms with E-state index >= 15 is 0 Å². The zero-order chi connectivity index (χ0) is 15.2. The number of aromatic hydroxyl groups is 1. The fourth-order valence-corrected chi connectivity index (χ4v) is 2.16. The van der Waals surface area contributed by atoms with Gasteiger partial charge in [-0.2, -0.15) is 0 Å². The molecule has 0 aromatic heterocycles. The number of phenolic OH excluding ortho intramolecular Hbond substituents is 1. The third kappa shape index (κ3) is 3.89. The lowest BCUT2D eigenvalue weighted by molar-refractivity contribution is -0.144. The Bertz CT molecular complexity index is 630. The second kappa shape index (κ2) is 6.99. The minimum absolute atomic E-state index is 0.0325. The normalized spacial score (nSPS) is 11.7. The highest BCUT2D eigenvalue weighted by atomic mass is 35.5. The van der Waals surface area contributed by atoms with Crippen LogP contribution in [0.5, 0.6) is 5.75 Å². The Morgan fingerprint density at radius 2 is 2.05 bits per heavy atom. The first-order valence-corrected chi connectivity index (χ1v) is 6.96. The molecule has 0 saturated heterocycles. The smallest absolute Gasteiger partial charge is 0.333 e. The summed E-state index contributed by atoms with van der Waals surface area (Å²) in [6.45, 7) is 2.00. The second-order valence-corrected chi connectivity index (χ2v) is 4.83. The molecular weight excluding hydrogens is 290 g/mol. The molecule has 0 aliphatic heterocycles. The molecule has 0 aliphatic rings. The number of halogens is 1. The number of anilines is 1. The van der Waals surface area contributed by atoms with Gasteiger partial charge in [0.25, 0.3) is 0 Å². The molecule has 0 aliphatic carbocycles. The molecule has 0 heterocycles. The van der Waals surface area contributed by atoms with Gasteiger partial charge in [-0.25, -0.2) is 4.79 Å². The summed E-state index contributed by atoms with van der Waals surface area (Å²) in [5, 5.41) is 13.6. The van der Waals surface area contributed by atoms with E-state index < -0.39 is 12.0 Å². The van der Waals surface area contributed by atoms with Gasteiger partial charge in [0, 0.05) is 16.3 Å². The average Bonchev–Trinajstić information content (AvgIpc) is 2.46. The molecule has 2 aromatic rings. The summed E-state index contributed by atoms with van der Waals surface area (Å²) in [6.07, 6.45) is 0. The lowest BCUT2D eigenvalue weighted by Gasteiger charge is -2.19. The molecule has 1 unspecified atom stereocenters. The maximum Gasteiger partial charge on any atom is 0.333 e. The van der Waals surface area contributed by atoms with Gasteiger partial charge in [0.2, 0.25) is 0 Å². The van der Waals surface area contributed by atoms with Crippen molar-refractivity contribution in [3.63, 3.8) is 0 Å². The van der Waals surface area contributed by atoms with Gasteiger partial charge in [0.15, 0.2) is 6.04 Å². The van der Waals surface area contributed by atoms with E-state index in [1.165, 1.54) is 6.07 Å². The van der Waals surface area contributed by atoms with Crippen LogP contribution >= 0.6 is 11.6 Å². The molecule has 110 valence electrons. The van der Waals surface area contributed by atoms with E-state index in [-0.39, 0.29) is 12.4 Å². The SMILES string of the molecule is CCOC(=O)C(Nc1cccc(Cl)c1)c1ccccc1O. The molecule has 2 rings (SSSR count). The van der Waals surface area contributed by atoms with Gasteiger partial charge in [-0.05, 0) is 31.2 Å². The Balaban J connectivity index is 2.33. The third-order valence-corrected chi connectivity index (χ3v) is 3.14. The maximum absolute atomic E-state index is 12.2. The number of rotatable bonds is 5. The first kappa shape index (κ1) is 15.2. The van der Waals surface area contributed by atoms with Gasteiger partial charge in [-0.3, -0.25) is 0 Å². The Kier molecular flexibility index (Phi) is 5.06. The van der Waals surface area contributed by atoms with E-state index in [0.717, 1.165) is 0 Å². The van der Waals surface area contributed by atoms with E-state index in [1.807, 2.05) is 0 Å². The summed E-state index contributed by atoms with van der Waals surface area (Å²) < 4.78 is 5.07. The Labute approximate surface area is 128 Å². The number of ether oxygens (including phenoxy) is 1. The Morgan fingerprint density at radius 1 is 1.29 bits per heavy atom. The minimum atomic E-state index is -0.801. The van der Waals surface area contributed by atoms with E-state index in [9.17, 15) is 9.90 Å². The van der Waals surface area contributed by atoms with Crippen molar-refractivity contribution in [3.8, 4) is 5.75 Å². The number of carbonyl (C=O) groups is 1. The molecular formula is C16H16ClNO3. The molecule has 0 fully saturated rings. The summed E-state index contributed by atoms with van der Waals surface area (Å²) in [7, 11) is 0. The van der Waals surface area contributed by atoms with Crippen LogP contribution in [0.15, 0.2) is 48.5 Å². The summed E-state index contributed by atoms with van der Waals surface area (Å²) in [4.78, 5) is 12.2. The van der Waals surface area contributed by atoms with Crippen molar-refractivity contribution in [3.05, 3.63) is 59.1 Å². The van der Waals surface area contributed by atoms with Crippen molar-refractivity contribution in [1.82, 2.24) is 0 Å². The highest BCUT2D eigenvalue weighted by molar-refractivity contribution is 6.30. The fourth-order valence-electron chi connectivity index (χ4n) is 1.97. The third-order valence-electron chi connectivity index (χ3n) is 2.91. The molecule has 0 bridgehead atoms. The maximum atomic E-state index is 12.2. The molecule has 0 amide bonds. The second-order valence-electron chi connectivity index (χ2n) is 4.40. The summed E-state index contributed by atoms with van der Waals surface area (Å²) >= 11 is 5.94. The molecule has 2 aromatic carbocycles. The fraction of sp³-hybridized carbons (Fsp3) is 0.188. The molecule has 0 radical (unpaired) electrons. The standard InChI is InChI=1S/C16H16ClNO3/c1-2-21-16(20)15(13-8-3-4-9-14(13)19)18-12-7-5-6-11(17)10-12/h3-10,15,18-19H,2H2,1H3. The predicted octanol–water partition coefficient (Wildman–Crippen LogP) is 3.76. The van der Waals surface area contributed by atoms with Crippen LogP contribution in [0, 0.1) is 0 Å². The van der Waals surface area contributed by atoms with Gasteiger partial charge >= 0.3 is 5.97 Å². The largest absolute Gasteiger partial charge is 0.508 e. The first-order valence-electron chi connectivity index (χ1n) is 6.58. The number of phenols is 1. The Hall–Kier alpha value is -2.20. The van der Waals surface area contributed by atoms with Crippen LogP contribution in [0.2, 0.25) is 5.02 Å². The zero-order valence-corrected chi connectivity index (χ0v) is 12.3. The minimum Gasteiger partial charge on any atom is -0.508 e. The number of benzene rings is 2. The number of hydrogen-bond donors (Lipinski definition) is 2. The monoisotopic (exact) mass is 305 g/mol. The quantitative estimate of drug-likeness (QED) is 0.826. The van der Waals surface area contributed by atoms with Gasteiger partial charge in [0.05, 0.1) is 6.61 Å². The van der Waals surface area contributed by atoms with Gasteiger partial charge in [0.1, 0.15) is 5.75 Å². The van der Waals surface area contributed by atoms with Crippen molar-refractivity contribution >= 4 is 23.3 Å². The zero-order valence-electron chi connectivity index (χ0n) is 11.5. The number of esters is 1. The molecule has 2 N–H and O–H groups in total. The van der Waals surface area contributed by atoms with Gasteiger partial charge in [-0.15, -0.1) is 0 Å². The molecule has 1 atom stereocenters. The first-order chi connectivity index (χ1) is 10.1. The molecule has 0 spiro atoms. The molecule has 4 nitrogen and oxygen atoms in total. The van der Waals surface area contributed by atoms with E-state index in [0.29, 0.717) is 16.3 Å². The van der Waals surface area contributed by atoms with E-state index in [2.05, 4.69) is 5.32 Å². The van der Waals surface area contributed by atoms with E-state index in [1.54, 1.807) is 49.4 Å². The van der Waals surface area contributed by atoms with Crippen molar-refractivity contribution < 1.29 is 14.6 Å². The number of carbonyl (C=O) groups excluding carboxylic acids is 1. The summed E-state index contributed by atoms with van der Waals surface area (Å²) in [6, 6.07) is 12.9. The number of hydrogen-bond acceptors (Lipinski definition) is 4. The predicted molar refractivity (Wildman–Crippen MR) is 82.6 cm³/mol. The van der Waals surface area contributed by atoms with Crippen LogP contribution in [0.1, 0.15) is 18.5 Å². The van der Waals surface area contributed by atoms with E-state index in [4.69, 9.17) is 16.3 Å². The number of nitrogens with one attached hydrogen (secondary N) is 1. The topological polar surface area (TPSA) is 58.6 Å². The summed E-state index contributed by atoms with van der Waals surface area (Å²) in [5.41, 5.74) is 1.12. The van der Waals surface area contributed by atoms with Crippen LogP contribution in [0.4, 0.5) is 5.69 Å². The van der Waals surface area contributed by atoms with Crippen LogP contribution in [0.3, 0.4) is 0 Å². The highest BCUT2D eigenvalue weighted by Gasteiger charge is 2.24. The highest BCUT2D eigenvalue weighted by Crippen LogP contribution is 2.28. The number of para-hydroxylation sites is 1.